The summed E-state index contributed by atoms with van der Waals surface area (Å²) in [6.45, 7) is 2.14. The number of benzene rings is 4. The normalized spacial score (nSPS) is 13.9. The molecule has 0 atom stereocenters. The number of nitrogens with one attached hydrogen (secondary N) is 1. The van der Waals surface area contributed by atoms with Crippen LogP contribution >= 0.6 is 0 Å². The summed E-state index contributed by atoms with van der Waals surface area (Å²) in [4.78, 5) is 31.1. The summed E-state index contributed by atoms with van der Waals surface area (Å²) in [7, 11) is -2.07. The monoisotopic (exact) mass is 623 g/mol. The first kappa shape index (κ1) is 30.2. The van der Waals surface area contributed by atoms with E-state index in [4.69, 9.17) is 14.5 Å². The standard InChI is InChI=1S/C35H33N3O6S/c1-23-10-14-27(20-33(23)45(41,42)38-16-6-3-7-17-38)36-34(39)22-44-35(40)30-21-32(37-31-9-5-4-8-29(30)31)26-12-11-25-19-28(43-2)15-13-24(25)18-26/h4-5,8-15,18-21H,3,6-7,16-17,22H2,1-2H3,(H,36,39). The first-order chi connectivity index (χ1) is 21.7. The van der Waals surface area contributed by atoms with Crippen molar-refractivity contribution in [1.82, 2.24) is 9.29 Å². The fraction of sp³-hybridized carbons (Fsp3) is 0.229. The number of carbonyl (C=O) groups excluding carboxylic acids is 2. The second-order valence-corrected chi connectivity index (χ2v) is 13.0. The lowest BCUT2D eigenvalue weighted by atomic mass is 10.0. The van der Waals surface area contributed by atoms with Crippen LogP contribution in [0.2, 0.25) is 0 Å². The summed E-state index contributed by atoms with van der Waals surface area (Å²) >= 11 is 0. The molecule has 0 spiro atoms. The summed E-state index contributed by atoms with van der Waals surface area (Å²) in [5.41, 5.74) is 3.20. The first-order valence-electron chi connectivity index (χ1n) is 14.8. The van der Waals surface area contributed by atoms with Gasteiger partial charge in [0.25, 0.3) is 5.91 Å². The average Bonchev–Trinajstić information content (AvgIpc) is 3.07. The number of aromatic nitrogens is 1. The number of anilines is 1. The van der Waals surface area contributed by atoms with E-state index in [1.807, 2.05) is 54.6 Å². The largest absolute Gasteiger partial charge is 0.497 e. The van der Waals surface area contributed by atoms with E-state index in [0.29, 0.717) is 40.9 Å². The molecule has 1 aliphatic heterocycles. The molecule has 6 rings (SSSR count). The number of rotatable bonds is 8. The lowest BCUT2D eigenvalue weighted by Gasteiger charge is -2.26. The van der Waals surface area contributed by atoms with Gasteiger partial charge in [-0.3, -0.25) is 4.79 Å². The smallest absolute Gasteiger partial charge is 0.339 e. The van der Waals surface area contributed by atoms with Gasteiger partial charge in [0.1, 0.15) is 5.75 Å². The number of sulfonamides is 1. The van der Waals surface area contributed by atoms with E-state index < -0.39 is 28.5 Å². The van der Waals surface area contributed by atoms with Crippen LogP contribution in [0.5, 0.6) is 5.75 Å². The SMILES string of the molecule is COc1ccc2cc(-c3cc(C(=O)OCC(=O)Nc4ccc(C)c(S(=O)(=O)N5CCCCC5)c4)c4ccccc4n3)ccc2c1. The number of para-hydroxylation sites is 1. The molecule has 1 fully saturated rings. The minimum Gasteiger partial charge on any atom is -0.497 e. The van der Waals surface area contributed by atoms with Crippen LogP contribution in [-0.4, -0.2) is 56.4 Å². The van der Waals surface area contributed by atoms with Gasteiger partial charge in [-0.05, 0) is 78.6 Å². The van der Waals surface area contributed by atoms with Crippen molar-refractivity contribution in [3.8, 4) is 17.0 Å². The molecule has 5 aromatic rings. The number of nitrogens with zero attached hydrogens (tertiary/aromatic N) is 2. The molecule has 1 aliphatic rings. The Morgan fingerprint density at radius 1 is 0.889 bits per heavy atom. The van der Waals surface area contributed by atoms with E-state index in [1.54, 1.807) is 38.3 Å². The molecule has 10 heteroatoms. The van der Waals surface area contributed by atoms with Gasteiger partial charge in [-0.1, -0.05) is 48.9 Å². The predicted octanol–water partition coefficient (Wildman–Crippen LogP) is 6.34. The number of fused-ring (bicyclic) bond motifs is 2. The summed E-state index contributed by atoms with van der Waals surface area (Å²) in [6, 6.07) is 25.4. The molecule has 4 aromatic carbocycles. The van der Waals surface area contributed by atoms with Crippen molar-refractivity contribution in [3.05, 3.63) is 96.1 Å². The number of piperidine rings is 1. The molecule has 0 radical (unpaired) electrons. The second-order valence-electron chi connectivity index (χ2n) is 11.1. The highest BCUT2D eigenvalue weighted by atomic mass is 32.2. The van der Waals surface area contributed by atoms with E-state index in [2.05, 4.69) is 5.32 Å². The highest BCUT2D eigenvalue weighted by Crippen LogP contribution is 2.30. The molecule has 230 valence electrons. The third-order valence-electron chi connectivity index (χ3n) is 8.02. The van der Waals surface area contributed by atoms with Crippen LogP contribution in [0.1, 0.15) is 35.2 Å². The van der Waals surface area contributed by atoms with Gasteiger partial charge in [0.2, 0.25) is 10.0 Å². The van der Waals surface area contributed by atoms with Crippen molar-refractivity contribution in [2.75, 3.05) is 32.1 Å². The number of pyridine rings is 1. The summed E-state index contributed by atoms with van der Waals surface area (Å²) in [5.74, 6) is -0.497. The molecular formula is C35H33N3O6S. The van der Waals surface area contributed by atoms with Crippen LogP contribution in [0.3, 0.4) is 0 Å². The summed E-state index contributed by atoms with van der Waals surface area (Å²) in [5, 5.41) is 5.27. The highest BCUT2D eigenvalue weighted by molar-refractivity contribution is 7.89. The molecule has 1 N–H and O–H groups in total. The zero-order valence-corrected chi connectivity index (χ0v) is 25.9. The maximum atomic E-state index is 13.4. The van der Waals surface area contributed by atoms with Gasteiger partial charge in [0.15, 0.2) is 6.61 Å². The van der Waals surface area contributed by atoms with Crippen molar-refractivity contribution >= 4 is 49.3 Å². The molecule has 2 heterocycles. The zero-order valence-electron chi connectivity index (χ0n) is 25.1. The third kappa shape index (κ3) is 6.38. The van der Waals surface area contributed by atoms with Gasteiger partial charge >= 0.3 is 5.97 Å². The number of carbonyl (C=O) groups is 2. The fourth-order valence-corrected chi connectivity index (χ4v) is 7.38. The Balaban J connectivity index is 1.20. The highest BCUT2D eigenvalue weighted by Gasteiger charge is 2.28. The Morgan fingerprint density at radius 2 is 1.64 bits per heavy atom. The maximum absolute atomic E-state index is 13.4. The van der Waals surface area contributed by atoms with Gasteiger partial charge in [0.05, 0.1) is 28.8 Å². The minimum absolute atomic E-state index is 0.155. The topological polar surface area (TPSA) is 115 Å². The van der Waals surface area contributed by atoms with E-state index in [1.165, 1.54) is 10.4 Å². The number of aryl methyl sites for hydroxylation is 1. The van der Waals surface area contributed by atoms with Gasteiger partial charge in [0, 0.05) is 29.7 Å². The van der Waals surface area contributed by atoms with Crippen LogP contribution in [-0.2, 0) is 19.6 Å². The third-order valence-corrected chi connectivity index (χ3v) is 10.1. The molecule has 1 saturated heterocycles. The molecular weight excluding hydrogens is 590 g/mol. The van der Waals surface area contributed by atoms with Gasteiger partial charge in [-0.2, -0.15) is 4.31 Å². The van der Waals surface area contributed by atoms with E-state index in [9.17, 15) is 18.0 Å². The zero-order chi connectivity index (χ0) is 31.6. The predicted molar refractivity (Wildman–Crippen MR) is 174 cm³/mol. The molecule has 1 amide bonds. The lowest BCUT2D eigenvalue weighted by molar-refractivity contribution is -0.119. The van der Waals surface area contributed by atoms with E-state index >= 15 is 0 Å². The van der Waals surface area contributed by atoms with Crippen LogP contribution in [0.4, 0.5) is 5.69 Å². The van der Waals surface area contributed by atoms with Crippen LogP contribution in [0.15, 0.2) is 89.8 Å². The van der Waals surface area contributed by atoms with Crippen molar-refractivity contribution < 1.29 is 27.5 Å². The number of methoxy groups -OCH3 is 1. The molecule has 9 nitrogen and oxygen atoms in total. The molecule has 1 aromatic heterocycles. The average molecular weight is 624 g/mol. The Morgan fingerprint density at radius 3 is 2.44 bits per heavy atom. The van der Waals surface area contributed by atoms with Gasteiger partial charge < -0.3 is 14.8 Å². The Hall–Kier alpha value is -4.80. The van der Waals surface area contributed by atoms with Crippen molar-refractivity contribution in [3.63, 3.8) is 0 Å². The molecule has 0 saturated carbocycles. The second kappa shape index (κ2) is 12.7. The van der Waals surface area contributed by atoms with Crippen LogP contribution < -0.4 is 10.1 Å². The van der Waals surface area contributed by atoms with Crippen LogP contribution in [0, 0.1) is 6.92 Å². The summed E-state index contributed by atoms with van der Waals surface area (Å²) < 4.78 is 38.8. The Labute approximate surface area is 261 Å². The molecule has 0 aliphatic carbocycles. The number of amides is 1. The number of hydrogen-bond donors (Lipinski definition) is 1. The van der Waals surface area contributed by atoms with E-state index in [-0.39, 0.29) is 10.5 Å². The lowest BCUT2D eigenvalue weighted by Crippen LogP contribution is -2.36. The molecule has 45 heavy (non-hydrogen) atoms. The van der Waals surface area contributed by atoms with Gasteiger partial charge in [-0.25, -0.2) is 18.2 Å². The fourth-order valence-electron chi connectivity index (χ4n) is 5.61. The Bertz CT molecular complexity index is 2040. The van der Waals surface area contributed by atoms with Crippen molar-refractivity contribution in [2.45, 2.75) is 31.1 Å². The minimum atomic E-state index is -3.69. The maximum Gasteiger partial charge on any atom is 0.339 e. The quantitative estimate of drug-likeness (QED) is 0.201. The van der Waals surface area contributed by atoms with Crippen molar-refractivity contribution in [1.29, 1.82) is 0 Å². The molecule has 0 unspecified atom stereocenters. The Kier molecular flexibility index (Phi) is 8.51. The number of hydrogen-bond acceptors (Lipinski definition) is 7. The van der Waals surface area contributed by atoms with Gasteiger partial charge in [-0.15, -0.1) is 0 Å². The van der Waals surface area contributed by atoms with E-state index in [0.717, 1.165) is 41.3 Å². The molecule has 0 bridgehead atoms. The first-order valence-corrected chi connectivity index (χ1v) is 16.2. The van der Waals surface area contributed by atoms with Crippen LogP contribution in [0.25, 0.3) is 32.9 Å². The number of ether oxygens (including phenoxy) is 2. The summed E-state index contributed by atoms with van der Waals surface area (Å²) in [6.07, 6.45) is 2.66. The van der Waals surface area contributed by atoms with Crippen molar-refractivity contribution in [2.24, 2.45) is 0 Å². The number of esters is 1.